The Kier molecular flexibility index (Phi) is 3.81. The summed E-state index contributed by atoms with van der Waals surface area (Å²) in [7, 11) is 0. The maximum Gasteiger partial charge on any atom is 0.166 e. The lowest BCUT2D eigenvalue weighted by atomic mass is 9.89. The molecule has 1 heteroatoms. The van der Waals surface area contributed by atoms with Crippen LogP contribution in [0.25, 0.3) is 10.8 Å². The number of benzene rings is 2. The summed E-state index contributed by atoms with van der Waals surface area (Å²) < 4.78 is 0. The first-order chi connectivity index (χ1) is 8.65. The monoisotopic (exact) mass is 240 g/mol. The average molecular weight is 240 g/mol. The van der Waals surface area contributed by atoms with Gasteiger partial charge in [0.15, 0.2) is 5.78 Å². The molecular formula is C17H20O. The van der Waals surface area contributed by atoms with E-state index in [0.717, 1.165) is 34.7 Å². The van der Waals surface area contributed by atoms with E-state index in [1.807, 2.05) is 38.1 Å². The fraction of sp³-hybridized carbons (Fsp3) is 0.353. The number of Topliss-reactive ketones (excluding diaryl/α,β-unsaturated/α-hetero) is 1. The number of fused-ring (bicyclic) bond motifs is 1. The Morgan fingerprint density at radius 1 is 1.17 bits per heavy atom. The van der Waals surface area contributed by atoms with Crippen LogP contribution in [0.1, 0.15) is 42.6 Å². The molecule has 0 radical (unpaired) electrons. The van der Waals surface area contributed by atoms with Gasteiger partial charge in [0, 0.05) is 11.5 Å². The van der Waals surface area contributed by atoms with Gasteiger partial charge in [-0.2, -0.15) is 0 Å². The molecule has 94 valence electrons. The Balaban J connectivity index is 2.55. The van der Waals surface area contributed by atoms with Gasteiger partial charge in [-0.25, -0.2) is 0 Å². The van der Waals surface area contributed by atoms with Crippen LogP contribution in [0.2, 0.25) is 0 Å². The lowest BCUT2D eigenvalue weighted by Gasteiger charge is -2.14. The molecule has 2 aromatic rings. The van der Waals surface area contributed by atoms with Gasteiger partial charge < -0.3 is 0 Å². The molecule has 0 spiro atoms. The van der Waals surface area contributed by atoms with Crippen molar-refractivity contribution in [2.45, 2.75) is 33.6 Å². The summed E-state index contributed by atoms with van der Waals surface area (Å²) in [5.41, 5.74) is 2.00. The third kappa shape index (κ3) is 2.31. The predicted molar refractivity (Wildman–Crippen MR) is 77.1 cm³/mol. The lowest BCUT2D eigenvalue weighted by Crippen LogP contribution is -2.13. The van der Waals surface area contributed by atoms with Gasteiger partial charge in [-0.15, -0.1) is 0 Å². The second-order valence-corrected chi connectivity index (χ2v) is 5.03. The molecule has 1 unspecified atom stereocenters. The van der Waals surface area contributed by atoms with Crippen LogP contribution < -0.4 is 0 Å². The van der Waals surface area contributed by atoms with E-state index < -0.39 is 0 Å². The molecule has 0 amide bonds. The number of ketones is 1. The number of hydrogen-bond donors (Lipinski definition) is 0. The number of carbonyl (C=O) groups is 1. The van der Waals surface area contributed by atoms with Crippen LogP contribution in [0.5, 0.6) is 0 Å². The summed E-state index contributed by atoms with van der Waals surface area (Å²) >= 11 is 0. The van der Waals surface area contributed by atoms with Gasteiger partial charge in [-0.3, -0.25) is 4.79 Å². The summed E-state index contributed by atoms with van der Waals surface area (Å²) in [6.07, 6.45) is 2.01. The van der Waals surface area contributed by atoms with E-state index in [4.69, 9.17) is 0 Å². The zero-order valence-corrected chi connectivity index (χ0v) is 11.4. The minimum atomic E-state index is 0.111. The van der Waals surface area contributed by atoms with Crippen LogP contribution in [0.15, 0.2) is 36.4 Å². The third-order valence-corrected chi connectivity index (χ3v) is 3.55. The van der Waals surface area contributed by atoms with Gasteiger partial charge in [0.2, 0.25) is 0 Å². The largest absolute Gasteiger partial charge is 0.294 e. The van der Waals surface area contributed by atoms with Gasteiger partial charge in [-0.1, -0.05) is 56.7 Å². The molecule has 2 aromatic carbocycles. The molecule has 0 saturated carbocycles. The molecule has 0 aromatic heterocycles. The van der Waals surface area contributed by atoms with Crippen LogP contribution in [-0.2, 0) is 0 Å². The van der Waals surface area contributed by atoms with Crippen LogP contribution in [0, 0.1) is 12.8 Å². The molecule has 1 atom stereocenters. The van der Waals surface area contributed by atoms with E-state index in [1.54, 1.807) is 0 Å². The third-order valence-electron chi connectivity index (χ3n) is 3.55. The molecule has 0 aliphatic heterocycles. The highest BCUT2D eigenvalue weighted by atomic mass is 16.1. The topological polar surface area (TPSA) is 17.1 Å². The number of aryl methyl sites for hydroxylation is 1. The van der Waals surface area contributed by atoms with E-state index in [9.17, 15) is 4.79 Å². The molecule has 0 saturated heterocycles. The first-order valence-electron chi connectivity index (χ1n) is 6.67. The average Bonchev–Trinajstić information content (AvgIpc) is 2.38. The molecule has 0 N–H and O–H groups in total. The summed E-state index contributed by atoms with van der Waals surface area (Å²) in [5.74, 6) is 0.394. The molecular weight excluding hydrogens is 220 g/mol. The predicted octanol–water partition coefficient (Wildman–Crippen LogP) is 4.77. The van der Waals surface area contributed by atoms with E-state index >= 15 is 0 Å². The maximum atomic E-state index is 12.6. The molecule has 0 fully saturated rings. The van der Waals surface area contributed by atoms with Gasteiger partial charge in [0.05, 0.1) is 0 Å². The Bertz CT molecular complexity index is 569. The van der Waals surface area contributed by atoms with Crippen molar-refractivity contribution in [1.29, 1.82) is 0 Å². The van der Waals surface area contributed by atoms with Gasteiger partial charge >= 0.3 is 0 Å². The fourth-order valence-corrected chi connectivity index (χ4v) is 2.52. The summed E-state index contributed by atoms with van der Waals surface area (Å²) in [5, 5.41) is 2.24. The van der Waals surface area contributed by atoms with Crippen LogP contribution >= 0.6 is 0 Å². The van der Waals surface area contributed by atoms with Crippen molar-refractivity contribution in [2.24, 2.45) is 5.92 Å². The van der Waals surface area contributed by atoms with Crippen molar-refractivity contribution >= 4 is 16.6 Å². The standard InChI is InChI=1S/C17H20O/c1-4-7-13(3)17(18)16-12(2)10-11-14-8-5-6-9-15(14)16/h5-6,8-11,13H,4,7H2,1-3H3. The quantitative estimate of drug-likeness (QED) is 0.704. The second-order valence-electron chi connectivity index (χ2n) is 5.03. The van der Waals surface area contributed by atoms with E-state index in [2.05, 4.69) is 19.1 Å². The highest BCUT2D eigenvalue weighted by Gasteiger charge is 2.18. The number of carbonyl (C=O) groups excluding carboxylic acids is 1. The lowest BCUT2D eigenvalue weighted by molar-refractivity contribution is 0.0924. The molecule has 0 aliphatic carbocycles. The van der Waals surface area contributed by atoms with Crippen LogP contribution in [0.4, 0.5) is 0 Å². The molecule has 2 rings (SSSR count). The Hall–Kier alpha value is -1.63. The van der Waals surface area contributed by atoms with Crippen molar-refractivity contribution < 1.29 is 4.79 Å². The molecule has 0 bridgehead atoms. The Labute approximate surface area is 109 Å². The minimum absolute atomic E-state index is 0.111. The highest BCUT2D eigenvalue weighted by Crippen LogP contribution is 2.25. The van der Waals surface area contributed by atoms with Gasteiger partial charge in [0.25, 0.3) is 0 Å². The maximum absolute atomic E-state index is 12.6. The summed E-state index contributed by atoms with van der Waals surface area (Å²) in [4.78, 5) is 12.6. The SMILES string of the molecule is CCCC(C)C(=O)c1c(C)ccc2ccccc12. The summed E-state index contributed by atoms with van der Waals surface area (Å²) in [6.45, 7) is 6.19. The summed E-state index contributed by atoms with van der Waals surface area (Å²) in [6, 6.07) is 12.3. The molecule has 1 nitrogen and oxygen atoms in total. The molecule has 18 heavy (non-hydrogen) atoms. The van der Waals surface area contributed by atoms with Gasteiger partial charge in [0.1, 0.15) is 0 Å². The second kappa shape index (κ2) is 5.34. The zero-order valence-electron chi connectivity index (χ0n) is 11.4. The van der Waals surface area contributed by atoms with Crippen molar-refractivity contribution in [1.82, 2.24) is 0 Å². The first-order valence-corrected chi connectivity index (χ1v) is 6.67. The van der Waals surface area contributed by atoms with Gasteiger partial charge in [-0.05, 0) is 29.7 Å². The van der Waals surface area contributed by atoms with E-state index in [-0.39, 0.29) is 11.7 Å². The fourth-order valence-electron chi connectivity index (χ4n) is 2.52. The molecule has 0 aliphatic rings. The van der Waals surface area contributed by atoms with Crippen molar-refractivity contribution in [3.05, 3.63) is 47.5 Å². The highest BCUT2D eigenvalue weighted by molar-refractivity contribution is 6.10. The first kappa shape index (κ1) is 12.8. The number of hydrogen-bond acceptors (Lipinski definition) is 1. The minimum Gasteiger partial charge on any atom is -0.294 e. The number of rotatable bonds is 4. The smallest absolute Gasteiger partial charge is 0.166 e. The Morgan fingerprint density at radius 3 is 2.61 bits per heavy atom. The van der Waals surface area contributed by atoms with E-state index in [0.29, 0.717) is 0 Å². The normalized spacial score (nSPS) is 12.6. The van der Waals surface area contributed by atoms with E-state index in [1.165, 1.54) is 0 Å². The van der Waals surface area contributed by atoms with Crippen molar-refractivity contribution in [2.75, 3.05) is 0 Å². The van der Waals surface area contributed by atoms with Crippen LogP contribution in [-0.4, -0.2) is 5.78 Å². The zero-order chi connectivity index (χ0) is 13.1. The van der Waals surface area contributed by atoms with Crippen molar-refractivity contribution in [3.8, 4) is 0 Å². The molecule has 0 heterocycles. The van der Waals surface area contributed by atoms with Crippen LogP contribution in [0.3, 0.4) is 0 Å². The Morgan fingerprint density at radius 2 is 1.89 bits per heavy atom. The van der Waals surface area contributed by atoms with Crippen molar-refractivity contribution in [3.63, 3.8) is 0 Å².